The molecular formula is C21H22F3N3O4. The molecule has 0 saturated carbocycles. The van der Waals surface area contributed by atoms with E-state index in [9.17, 15) is 22.8 Å². The summed E-state index contributed by atoms with van der Waals surface area (Å²) >= 11 is 0. The fourth-order valence-electron chi connectivity index (χ4n) is 3.28. The van der Waals surface area contributed by atoms with E-state index in [4.69, 9.17) is 9.47 Å². The second-order valence-electron chi connectivity index (χ2n) is 6.79. The Morgan fingerprint density at radius 1 is 1.19 bits per heavy atom. The molecule has 0 bridgehead atoms. The largest absolute Gasteiger partial charge is 0.493 e. The average Bonchev–Trinajstić information content (AvgIpc) is 2.73. The van der Waals surface area contributed by atoms with Crippen molar-refractivity contribution in [2.45, 2.75) is 19.3 Å². The first-order valence-corrected chi connectivity index (χ1v) is 9.54. The van der Waals surface area contributed by atoms with E-state index in [-0.39, 0.29) is 29.6 Å². The molecule has 0 aromatic heterocycles. The van der Waals surface area contributed by atoms with Crippen molar-refractivity contribution >= 4 is 17.5 Å². The fraction of sp³-hybridized carbons (Fsp3) is 0.333. The van der Waals surface area contributed by atoms with Gasteiger partial charge in [0.25, 0.3) is 11.8 Å². The molecule has 166 valence electrons. The van der Waals surface area contributed by atoms with Gasteiger partial charge in [0.2, 0.25) is 0 Å². The Balaban J connectivity index is 1.93. The van der Waals surface area contributed by atoms with Crippen LogP contribution in [0, 0.1) is 0 Å². The molecule has 1 aliphatic heterocycles. The van der Waals surface area contributed by atoms with E-state index in [2.05, 4.69) is 10.6 Å². The highest BCUT2D eigenvalue weighted by Crippen LogP contribution is 2.38. The summed E-state index contributed by atoms with van der Waals surface area (Å²) in [6, 6.07) is 10.9. The molecule has 7 nitrogen and oxygen atoms in total. The number of alkyl halides is 3. The minimum Gasteiger partial charge on any atom is -0.493 e. The van der Waals surface area contributed by atoms with Gasteiger partial charge in [-0.25, -0.2) is 0 Å². The van der Waals surface area contributed by atoms with Crippen molar-refractivity contribution in [1.82, 2.24) is 10.2 Å². The molecule has 0 fully saturated rings. The van der Waals surface area contributed by atoms with Crippen molar-refractivity contribution in [3.63, 3.8) is 0 Å². The van der Waals surface area contributed by atoms with E-state index < -0.39 is 24.8 Å². The van der Waals surface area contributed by atoms with Gasteiger partial charge < -0.3 is 25.0 Å². The maximum Gasteiger partial charge on any atom is 0.406 e. The number of rotatable bonds is 7. The number of carbonyl (C=O) groups is 2. The van der Waals surface area contributed by atoms with Crippen LogP contribution in [0.4, 0.5) is 18.9 Å². The Hall–Kier alpha value is -3.43. The highest BCUT2D eigenvalue weighted by molar-refractivity contribution is 6.01. The van der Waals surface area contributed by atoms with Crippen molar-refractivity contribution in [2.24, 2.45) is 0 Å². The topological polar surface area (TPSA) is 79.9 Å². The van der Waals surface area contributed by atoms with Crippen LogP contribution in [0.5, 0.6) is 11.5 Å². The lowest BCUT2D eigenvalue weighted by molar-refractivity contribution is -0.144. The summed E-state index contributed by atoms with van der Waals surface area (Å²) in [4.78, 5) is 25.2. The SMILES string of the molecule is CCNC(=O)COc1ccc([C@@H]2Nc3ccccc3C(=O)N2CC(F)(F)F)cc1OC. The van der Waals surface area contributed by atoms with Crippen molar-refractivity contribution < 1.29 is 32.2 Å². The van der Waals surface area contributed by atoms with Crippen LogP contribution in [0.25, 0.3) is 0 Å². The Bertz CT molecular complexity index is 965. The smallest absolute Gasteiger partial charge is 0.406 e. The van der Waals surface area contributed by atoms with Crippen LogP contribution in [-0.2, 0) is 4.79 Å². The molecule has 0 saturated heterocycles. The number of benzene rings is 2. The number of ether oxygens (including phenoxy) is 2. The minimum atomic E-state index is -4.58. The van der Waals surface area contributed by atoms with Crippen molar-refractivity contribution in [3.05, 3.63) is 53.6 Å². The summed E-state index contributed by atoms with van der Waals surface area (Å²) in [5.41, 5.74) is 0.970. The van der Waals surface area contributed by atoms with E-state index in [1.165, 1.54) is 31.4 Å². The number of fused-ring (bicyclic) bond motifs is 1. The second kappa shape index (κ2) is 9.15. The second-order valence-corrected chi connectivity index (χ2v) is 6.79. The van der Waals surface area contributed by atoms with Crippen LogP contribution in [-0.4, -0.2) is 49.7 Å². The maximum atomic E-state index is 13.2. The van der Waals surface area contributed by atoms with Gasteiger partial charge in [0.1, 0.15) is 12.7 Å². The summed E-state index contributed by atoms with van der Waals surface area (Å²) in [6.07, 6.45) is -5.66. The van der Waals surface area contributed by atoms with Gasteiger partial charge in [-0.1, -0.05) is 18.2 Å². The van der Waals surface area contributed by atoms with Crippen LogP contribution in [0.15, 0.2) is 42.5 Å². The molecule has 1 atom stereocenters. The number of para-hydroxylation sites is 1. The maximum absolute atomic E-state index is 13.2. The van der Waals surface area contributed by atoms with E-state index in [1.54, 1.807) is 25.1 Å². The number of nitrogens with zero attached hydrogens (tertiary/aromatic N) is 1. The standard InChI is InChI=1S/C21H22F3N3O4/c1-3-25-18(28)11-31-16-9-8-13(10-17(16)30-2)19-26-15-7-5-4-6-14(15)20(29)27(19)12-21(22,23)24/h4-10,19,26H,3,11-12H2,1-2H3,(H,25,28)/t19-/m1/s1. The molecule has 2 amide bonds. The molecule has 2 aromatic rings. The number of amides is 2. The lowest BCUT2D eigenvalue weighted by atomic mass is 10.0. The molecule has 1 heterocycles. The number of methoxy groups -OCH3 is 1. The molecule has 1 aliphatic rings. The summed E-state index contributed by atoms with van der Waals surface area (Å²) in [5.74, 6) is -0.572. The van der Waals surface area contributed by atoms with Crippen LogP contribution >= 0.6 is 0 Å². The molecule has 0 spiro atoms. The molecule has 2 aromatic carbocycles. The summed E-state index contributed by atoms with van der Waals surface area (Å²) in [5, 5.41) is 5.59. The van der Waals surface area contributed by atoms with Crippen molar-refractivity contribution in [1.29, 1.82) is 0 Å². The summed E-state index contributed by atoms with van der Waals surface area (Å²) in [6.45, 7) is 0.569. The van der Waals surface area contributed by atoms with E-state index in [0.717, 1.165) is 4.90 Å². The third-order valence-electron chi connectivity index (χ3n) is 4.61. The van der Waals surface area contributed by atoms with Gasteiger partial charge in [-0.05, 0) is 36.8 Å². The number of halogens is 3. The first-order chi connectivity index (χ1) is 14.7. The van der Waals surface area contributed by atoms with E-state index in [0.29, 0.717) is 17.8 Å². The van der Waals surface area contributed by atoms with Crippen LogP contribution < -0.4 is 20.1 Å². The van der Waals surface area contributed by atoms with Crippen LogP contribution in [0.3, 0.4) is 0 Å². The lowest BCUT2D eigenvalue weighted by Gasteiger charge is -2.38. The zero-order valence-corrected chi connectivity index (χ0v) is 17.0. The van der Waals surface area contributed by atoms with Crippen LogP contribution in [0.2, 0.25) is 0 Å². The zero-order valence-electron chi connectivity index (χ0n) is 17.0. The molecule has 2 N–H and O–H groups in total. The fourth-order valence-corrected chi connectivity index (χ4v) is 3.28. The molecule has 0 unspecified atom stereocenters. The normalized spacial score (nSPS) is 15.7. The predicted octanol–water partition coefficient (Wildman–Crippen LogP) is 3.34. The first-order valence-electron chi connectivity index (χ1n) is 9.54. The van der Waals surface area contributed by atoms with Gasteiger partial charge >= 0.3 is 6.18 Å². The number of hydrogen-bond acceptors (Lipinski definition) is 5. The third-order valence-corrected chi connectivity index (χ3v) is 4.61. The van der Waals surface area contributed by atoms with Gasteiger partial charge in [0, 0.05) is 12.2 Å². The number of likely N-dealkylation sites (N-methyl/N-ethyl adjacent to an activating group) is 1. The van der Waals surface area contributed by atoms with Gasteiger partial charge in [-0.2, -0.15) is 13.2 Å². The first kappa shape index (κ1) is 22.3. The predicted molar refractivity (Wildman–Crippen MR) is 107 cm³/mol. The van der Waals surface area contributed by atoms with Gasteiger partial charge in [-0.3, -0.25) is 9.59 Å². The summed E-state index contributed by atoms with van der Waals surface area (Å²) < 4.78 is 50.4. The quantitative estimate of drug-likeness (QED) is 0.695. The van der Waals surface area contributed by atoms with E-state index in [1.807, 2.05) is 0 Å². The van der Waals surface area contributed by atoms with Crippen molar-refractivity contribution in [2.75, 3.05) is 32.1 Å². The molecular weight excluding hydrogens is 415 g/mol. The zero-order chi connectivity index (χ0) is 22.6. The Labute approximate surface area is 177 Å². The average molecular weight is 437 g/mol. The van der Waals surface area contributed by atoms with Crippen LogP contribution in [0.1, 0.15) is 29.0 Å². The van der Waals surface area contributed by atoms with E-state index >= 15 is 0 Å². The third kappa shape index (κ3) is 5.19. The molecule has 0 radical (unpaired) electrons. The Kier molecular flexibility index (Phi) is 6.57. The number of carbonyl (C=O) groups excluding carboxylic acids is 2. The number of hydrogen-bond donors (Lipinski definition) is 2. The number of nitrogens with one attached hydrogen (secondary N) is 2. The van der Waals surface area contributed by atoms with Gasteiger partial charge in [-0.15, -0.1) is 0 Å². The monoisotopic (exact) mass is 437 g/mol. The molecule has 3 rings (SSSR count). The highest BCUT2D eigenvalue weighted by Gasteiger charge is 2.40. The highest BCUT2D eigenvalue weighted by atomic mass is 19.4. The lowest BCUT2D eigenvalue weighted by Crippen LogP contribution is -2.47. The molecule has 31 heavy (non-hydrogen) atoms. The molecule has 10 heteroatoms. The van der Waals surface area contributed by atoms with Gasteiger partial charge in [0.05, 0.1) is 12.7 Å². The minimum absolute atomic E-state index is 0.164. The summed E-state index contributed by atoms with van der Waals surface area (Å²) in [7, 11) is 1.38. The van der Waals surface area contributed by atoms with Crippen molar-refractivity contribution in [3.8, 4) is 11.5 Å². The van der Waals surface area contributed by atoms with Gasteiger partial charge in [0.15, 0.2) is 18.1 Å². The Morgan fingerprint density at radius 3 is 2.61 bits per heavy atom. The number of anilines is 1. The Morgan fingerprint density at radius 2 is 1.94 bits per heavy atom. The molecule has 0 aliphatic carbocycles.